The topological polar surface area (TPSA) is 49.6 Å². The second-order valence-corrected chi connectivity index (χ2v) is 8.49. The van der Waals surface area contributed by atoms with Gasteiger partial charge in [0.05, 0.1) is 10.7 Å². The van der Waals surface area contributed by atoms with Crippen molar-refractivity contribution >= 4 is 34.5 Å². The van der Waals surface area contributed by atoms with Crippen LogP contribution in [0.1, 0.15) is 53.8 Å². The van der Waals surface area contributed by atoms with Gasteiger partial charge in [-0.15, -0.1) is 0 Å². The van der Waals surface area contributed by atoms with Crippen LogP contribution in [0.2, 0.25) is 5.02 Å². The molecule has 28 heavy (non-hydrogen) atoms. The monoisotopic (exact) mass is 416 g/mol. The number of thiophene rings is 1. The van der Waals surface area contributed by atoms with Gasteiger partial charge in [-0.05, 0) is 47.4 Å². The number of nitrogens with one attached hydrogen (secondary N) is 1. The van der Waals surface area contributed by atoms with E-state index in [2.05, 4.69) is 27.1 Å². The van der Waals surface area contributed by atoms with Crippen LogP contribution >= 0.6 is 22.9 Å². The summed E-state index contributed by atoms with van der Waals surface area (Å²) < 4.78 is 1.94. The third-order valence-corrected chi connectivity index (χ3v) is 6.18. The number of amides is 1. The van der Waals surface area contributed by atoms with E-state index in [-0.39, 0.29) is 5.91 Å². The van der Waals surface area contributed by atoms with Crippen molar-refractivity contribution in [3.05, 3.63) is 57.1 Å². The molecule has 0 radical (unpaired) electrons. The summed E-state index contributed by atoms with van der Waals surface area (Å²) in [6, 6.07) is 5.79. The summed E-state index contributed by atoms with van der Waals surface area (Å²) in [5.41, 5.74) is 3.42. The molecule has 0 atom stereocenters. The molecule has 0 aliphatic carbocycles. The number of pyridine rings is 1. The predicted molar refractivity (Wildman–Crippen MR) is 114 cm³/mol. The van der Waals surface area contributed by atoms with Gasteiger partial charge in [0, 0.05) is 32.4 Å². The van der Waals surface area contributed by atoms with Gasteiger partial charge in [0.2, 0.25) is 0 Å². The molecular formula is C21H25ClN4OS. The number of hydrogen-bond acceptors (Lipinski definition) is 4. The van der Waals surface area contributed by atoms with E-state index in [9.17, 15) is 4.79 Å². The number of imidazole rings is 1. The molecule has 0 unspecified atom stereocenters. The van der Waals surface area contributed by atoms with E-state index in [1.165, 1.54) is 24.8 Å². The third kappa shape index (κ3) is 4.40. The quantitative estimate of drug-likeness (QED) is 0.653. The molecule has 5 nitrogen and oxygen atoms in total. The Morgan fingerprint density at radius 2 is 1.89 bits per heavy atom. The molecule has 1 saturated heterocycles. The van der Waals surface area contributed by atoms with Crippen molar-refractivity contribution in [2.45, 2.75) is 45.2 Å². The maximum atomic E-state index is 13.3. The highest BCUT2D eigenvalue weighted by atomic mass is 35.5. The number of aromatic nitrogens is 2. The van der Waals surface area contributed by atoms with Gasteiger partial charge in [-0.2, -0.15) is 11.3 Å². The van der Waals surface area contributed by atoms with Crippen LogP contribution in [0.15, 0.2) is 35.2 Å². The molecule has 148 valence electrons. The lowest BCUT2D eigenvalue weighted by Crippen LogP contribution is -2.35. The van der Waals surface area contributed by atoms with Gasteiger partial charge in [0.1, 0.15) is 5.65 Å². The lowest BCUT2D eigenvalue weighted by atomic mass is 10.1. The second kappa shape index (κ2) is 9.07. The summed E-state index contributed by atoms with van der Waals surface area (Å²) in [7, 11) is 0. The number of carbonyl (C=O) groups excluding carboxylic acids is 1. The van der Waals surface area contributed by atoms with Gasteiger partial charge >= 0.3 is 0 Å². The Morgan fingerprint density at radius 3 is 2.64 bits per heavy atom. The lowest BCUT2D eigenvalue weighted by molar-refractivity contribution is 0.0735. The Hall–Kier alpha value is -1.89. The molecule has 7 heteroatoms. The second-order valence-electron chi connectivity index (χ2n) is 7.28. The number of hydrogen-bond donors (Lipinski definition) is 1. The molecule has 1 fully saturated rings. The molecule has 1 aliphatic heterocycles. The standard InChI is InChI=1S/C21H25ClN4OS/c22-17-6-7-19-24-20(21(27)25-9-4-2-1-3-5-10-25)18(26(19)14-17)13-23-12-16-8-11-28-15-16/h6-8,11,14-15,23H,1-5,9-10,12-13H2. The maximum Gasteiger partial charge on any atom is 0.274 e. The van der Waals surface area contributed by atoms with Crippen LogP contribution in [-0.4, -0.2) is 33.3 Å². The first kappa shape index (κ1) is 19.4. The maximum absolute atomic E-state index is 13.3. The van der Waals surface area contributed by atoms with Crippen LogP contribution in [0.3, 0.4) is 0 Å². The molecular weight excluding hydrogens is 392 g/mol. The molecule has 1 amide bonds. The van der Waals surface area contributed by atoms with Crippen molar-refractivity contribution in [2.24, 2.45) is 0 Å². The van der Waals surface area contributed by atoms with E-state index >= 15 is 0 Å². The summed E-state index contributed by atoms with van der Waals surface area (Å²) in [6.07, 6.45) is 7.63. The Morgan fingerprint density at radius 1 is 1.11 bits per heavy atom. The average molecular weight is 417 g/mol. The number of carbonyl (C=O) groups is 1. The number of nitrogens with zero attached hydrogens (tertiary/aromatic N) is 3. The third-order valence-electron chi connectivity index (χ3n) is 5.23. The summed E-state index contributed by atoms with van der Waals surface area (Å²) in [5, 5.41) is 8.29. The Labute approximate surface area is 174 Å². The first-order valence-electron chi connectivity index (χ1n) is 9.90. The molecule has 0 aromatic carbocycles. The Balaban J connectivity index is 1.60. The van der Waals surface area contributed by atoms with Crippen molar-refractivity contribution in [2.75, 3.05) is 13.1 Å². The zero-order chi connectivity index (χ0) is 19.3. The number of halogens is 1. The number of rotatable bonds is 5. The van der Waals surface area contributed by atoms with Gasteiger partial charge < -0.3 is 14.6 Å². The van der Waals surface area contributed by atoms with Gasteiger partial charge in [-0.1, -0.05) is 30.9 Å². The summed E-state index contributed by atoms with van der Waals surface area (Å²) >= 11 is 7.91. The highest BCUT2D eigenvalue weighted by Crippen LogP contribution is 2.20. The van der Waals surface area contributed by atoms with Gasteiger partial charge in [0.25, 0.3) is 5.91 Å². The highest BCUT2D eigenvalue weighted by molar-refractivity contribution is 7.07. The minimum absolute atomic E-state index is 0.0362. The van der Waals surface area contributed by atoms with Crippen LogP contribution in [0.25, 0.3) is 5.65 Å². The molecule has 3 aromatic heterocycles. The number of likely N-dealkylation sites (tertiary alicyclic amines) is 1. The van der Waals surface area contributed by atoms with Crippen molar-refractivity contribution < 1.29 is 4.79 Å². The van der Waals surface area contributed by atoms with E-state index in [4.69, 9.17) is 11.6 Å². The van der Waals surface area contributed by atoms with Crippen LogP contribution in [0.4, 0.5) is 0 Å². The lowest BCUT2D eigenvalue weighted by Gasteiger charge is -2.24. The smallest absolute Gasteiger partial charge is 0.274 e. The SMILES string of the molecule is O=C(c1nc2ccc(Cl)cn2c1CNCc1ccsc1)N1CCCCCCC1. The normalized spacial score (nSPS) is 15.5. The fourth-order valence-electron chi connectivity index (χ4n) is 3.73. The van der Waals surface area contributed by atoms with E-state index in [0.29, 0.717) is 17.3 Å². The van der Waals surface area contributed by atoms with Gasteiger partial charge in [-0.3, -0.25) is 4.79 Å². The van der Waals surface area contributed by atoms with E-state index in [0.717, 1.165) is 43.8 Å². The first-order valence-corrected chi connectivity index (χ1v) is 11.2. The van der Waals surface area contributed by atoms with Crippen LogP contribution in [0, 0.1) is 0 Å². The molecule has 4 heterocycles. The molecule has 1 N–H and O–H groups in total. The minimum Gasteiger partial charge on any atom is -0.337 e. The summed E-state index contributed by atoms with van der Waals surface area (Å²) in [5.74, 6) is 0.0362. The van der Waals surface area contributed by atoms with Gasteiger partial charge in [-0.25, -0.2) is 4.98 Å². The van der Waals surface area contributed by atoms with Crippen molar-refractivity contribution in [3.63, 3.8) is 0 Å². The molecule has 4 rings (SSSR count). The van der Waals surface area contributed by atoms with Crippen molar-refractivity contribution in [1.29, 1.82) is 0 Å². The molecule has 3 aromatic rings. The fraction of sp³-hybridized carbons (Fsp3) is 0.429. The molecule has 0 saturated carbocycles. The molecule has 0 bridgehead atoms. The largest absolute Gasteiger partial charge is 0.337 e. The highest BCUT2D eigenvalue weighted by Gasteiger charge is 2.24. The van der Waals surface area contributed by atoms with E-state index < -0.39 is 0 Å². The van der Waals surface area contributed by atoms with Crippen LogP contribution in [0.5, 0.6) is 0 Å². The zero-order valence-corrected chi connectivity index (χ0v) is 17.4. The summed E-state index contributed by atoms with van der Waals surface area (Å²) in [6.45, 7) is 2.95. The molecule has 1 aliphatic rings. The van der Waals surface area contributed by atoms with Crippen molar-refractivity contribution in [3.8, 4) is 0 Å². The molecule has 0 spiro atoms. The van der Waals surface area contributed by atoms with E-state index in [1.807, 2.05) is 27.6 Å². The fourth-order valence-corrected chi connectivity index (χ4v) is 4.56. The van der Waals surface area contributed by atoms with E-state index in [1.54, 1.807) is 11.3 Å². The average Bonchev–Trinajstić information content (AvgIpc) is 3.29. The first-order chi connectivity index (χ1) is 13.7. The van der Waals surface area contributed by atoms with Crippen molar-refractivity contribution in [1.82, 2.24) is 19.6 Å². The van der Waals surface area contributed by atoms with Gasteiger partial charge in [0.15, 0.2) is 5.69 Å². The zero-order valence-electron chi connectivity index (χ0n) is 15.9. The Bertz CT molecular complexity index is 929. The predicted octanol–water partition coefficient (Wildman–Crippen LogP) is 4.75. The van der Waals surface area contributed by atoms with Crippen LogP contribution in [-0.2, 0) is 13.1 Å². The minimum atomic E-state index is 0.0362. The van der Waals surface area contributed by atoms with Crippen LogP contribution < -0.4 is 5.32 Å². The summed E-state index contributed by atoms with van der Waals surface area (Å²) in [4.78, 5) is 20.0. The number of fused-ring (bicyclic) bond motifs is 1. The Kier molecular flexibility index (Phi) is 6.29.